The summed E-state index contributed by atoms with van der Waals surface area (Å²) in [5.74, 6) is -0.416. The Bertz CT molecular complexity index is 779. The second-order valence-electron chi connectivity index (χ2n) is 7.54. The molecule has 28 heavy (non-hydrogen) atoms. The molecule has 3 fully saturated rings. The molecule has 8 nitrogen and oxygen atoms in total. The van der Waals surface area contributed by atoms with Gasteiger partial charge < -0.3 is 14.7 Å². The number of piperazine rings is 2. The van der Waals surface area contributed by atoms with Crippen molar-refractivity contribution in [2.75, 3.05) is 59.4 Å². The normalized spacial score (nSPS) is 24.2. The number of amides is 4. The van der Waals surface area contributed by atoms with Gasteiger partial charge in [0, 0.05) is 57.2 Å². The van der Waals surface area contributed by atoms with Gasteiger partial charge in [0.05, 0.1) is 4.34 Å². The number of likely N-dealkylation sites (N-methyl/N-ethyl adjacent to an activating group) is 1. The zero-order valence-electron chi connectivity index (χ0n) is 15.8. The molecule has 0 aromatic carbocycles. The van der Waals surface area contributed by atoms with Crippen LogP contribution in [0.4, 0.5) is 4.79 Å². The third kappa shape index (κ3) is 3.89. The van der Waals surface area contributed by atoms with Crippen LogP contribution in [0.3, 0.4) is 0 Å². The maximum Gasteiger partial charge on any atom is 0.328 e. The molecule has 10 heteroatoms. The monoisotopic (exact) mass is 425 g/mol. The molecule has 0 spiro atoms. The molecule has 3 saturated heterocycles. The second-order valence-corrected chi connectivity index (χ2v) is 9.34. The van der Waals surface area contributed by atoms with Gasteiger partial charge in [-0.1, -0.05) is 11.6 Å². The fourth-order valence-corrected chi connectivity index (χ4v) is 5.08. The smallest absolute Gasteiger partial charge is 0.328 e. The van der Waals surface area contributed by atoms with Crippen molar-refractivity contribution < 1.29 is 14.4 Å². The van der Waals surface area contributed by atoms with Crippen LogP contribution >= 0.6 is 22.9 Å². The van der Waals surface area contributed by atoms with Gasteiger partial charge >= 0.3 is 6.03 Å². The number of fused-ring (bicyclic) bond motifs is 1. The van der Waals surface area contributed by atoms with Crippen LogP contribution in [0.2, 0.25) is 4.34 Å². The number of hydrogen-bond donors (Lipinski definition) is 0. The predicted molar refractivity (Wildman–Crippen MR) is 106 cm³/mol. The number of carbonyl (C=O) groups excluding carboxylic acids is 3. The summed E-state index contributed by atoms with van der Waals surface area (Å²) in [5.41, 5.74) is 0. The van der Waals surface area contributed by atoms with Gasteiger partial charge in [-0.2, -0.15) is 0 Å². The van der Waals surface area contributed by atoms with Gasteiger partial charge in [-0.15, -0.1) is 11.3 Å². The largest absolute Gasteiger partial charge is 0.339 e. The van der Waals surface area contributed by atoms with E-state index in [1.165, 1.54) is 11.3 Å². The molecule has 4 amide bonds. The van der Waals surface area contributed by atoms with Crippen LogP contribution in [-0.2, 0) is 16.1 Å². The van der Waals surface area contributed by atoms with Crippen LogP contribution in [0.5, 0.6) is 0 Å². The van der Waals surface area contributed by atoms with Crippen molar-refractivity contribution in [2.24, 2.45) is 0 Å². The molecule has 4 rings (SSSR count). The summed E-state index contributed by atoms with van der Waals surface area (Å²) < 4.78 is 0.745. The highest BCUT2D eigenvalue weighted by molar-refractivity contribution is 7.16. The predicted octanol–water partition coefficient (Wildman–Crippen LogP) is 0.624. The van der Waals surface area contributed by atoms with Crippen LogP contribution in [0.25, 0.3) is 0 Å². The summed E-state index contributed by atoms with van der Waals surface area (Å²) in [7, 11) is 2.02. The Balaban J connectivity index is 1.37. The van der Waals surface area contributed by atoms with E-state index in [1.807, 2.05) is 19.2 Å². The molecule has 3 aliphatic rings. The quantitative estimate of drug-likeness (QED) is 0.662. The standard InChI is InChI=1S/C18H24ClN5O3S/c1-20-4-7-22(8-5-20)16(25)12-24-17(26)14-11-21(6-9-23(14)18(24)27)10-13-2-3-15(19)28-13/h2-3,14H,4-12H2,1H3. The summed E-state index contributed by atoms with van der Waals surface area (Å²) in [6, 6.07) is 3.02. The lowest BCUT2D eigenvalue weighted by Gasteiger charge is -2.35. The number of hydrogen-bond acceptors (Lipinski definition) is 6. The molecular weight excluding hydrogens is 402 g/mol. The minimum Gasteiger partial charge on any atom is -0.339 e. The van der Waals surface area contributed by atoms with E-state index >= 15 is 0 Å². The van der Waals surface area contributed by atoms with Crippen molar-refractivity contribution in [3.63, 3.8) is 0 Å². The third-order valence-electron chi connectivity index (χ3n) is 5.65. The highest BCUT2D eigenvalue weighted by atomic mass is 35.5. The van der Waals surface area contributed by atoms with Crippen molar-refractivity contribution in [2.45, 2.75) is 12.6 Å². The van der Waals surface area contributed by atoms with Crippen LogP contribution in [-0.4, -0.2) is 108 Å². The molecule has 0 saturated carbocycles. The van der Waals surface area contributed by atoms with Gasteiger partial charge in [0.15, 0.2) is 0 Å². The van der Waals surface area contributed by atoms with Crippen molar-refractivity contribution in [3.05, 3.63) is 21.3 Å². The first kappa shape index (κ1) is 19.6. The maximum atomic E-state index is 12.9. The summed E-state index contributed by atoms with van der Waals surface area (Å²) in [4.78, 5) is 48.1. The van der Waals surface area contributed by atoms with Crippen LogP contribution in [0.1, 0.15) is 4.88 Å². The molecule has 0 aliphatic carbocycles. The summed E-state index contributed by atoms with van der Waals surface area (Å²) in [6.07, 6.45) is 0. The molecule has 0 N–H and O–H groups in total. The third-order valence-corrected chi connectivity index (χ3v) is 6.87. The number of thiophene rings is 1. The minimum absolute atomic E-state index is 0.153. The van der Waals surface area contributed by atoms with E-state index in [2.05, 4.69) is 9.80 Å². The van der Waals surface area contributed by atoms with Crippen molar-refractivity contribution in [3.8, 4) is 0 Å². The number of halogens is 1. The molecule has 0 bridgehead atoms. The van der Waals surface area contributed by atoms with Gasteiger partial charge in [0.25, 0.3) is 5.91 Å². The van der Waals surface area contributed by atoms with Crippen LogP contribution < -0.4 is 0 Å². The van der Waals surface area contributed by atoms with E-state index in [9.17, 15) is 14.4 Å². The SMILES string of the molecule is CN1CCN(C(=O)CN2C(=O)C3CN(Cc4ccc(Cl)s4)CCN3C2=O)CC1. The van der Waals surface area contributed by atoms with E-state index < -0.39 is 6.04 Å². The van der Waals surface area contributed by atoms with Gasteiger partial charge in [-0.05, 0) is 19.2 Å². The van der Waals surface area contributed by atoms with Crippen LogP contribution in [0.15, 0.2) is 12.1 Å². The van der Waals surface area contributed by atoms with Crippen LogP contribution in [0, 0.1) is 0 Å². The Hall–Kier alpha value is -1.68. The Morgan fingerprint density at radius 1 is 1.14 bits per heavy atom. The number of rotatable bonds is 4. The molecule has 3 aliphatic heterocycles. The van der Waals surface area contributed by atoms with E-state index in [0.29, 0.717) is 39.3 Å². The number of urea groups is 1. The zero-order valence-corrected chi connectivity index (χ0v) is 17.4. The van der Waals surface area contributed by atoms with E-state index in [1.54, 1.807) is 9.80 Å². The lowest BCUT2D eigenvalue weighted by Crippen LogP contribution is -2.52. The first-order valence-electron chi connectivity index (χ1n) is 9.47. The minimum atomic E-state index is -0.503. The lowest BCUT2D eigenvalue weighted by molar-refractivity contribution is -0.138. The number of nitrogens with zero attached hydrogens (tertiary/aromatic N) is 5. The zero-order chi connectivity index (χ0) is 19.8. The molecule has 0 radical (unpaired) electrons. The summed E-state index contributed by atoms with van der Waals surface area (Å²) in [6.45, 7) is 5.12. The topological polar surface area (TPSA) is 67.4 Å². The van der Waals surface area contributed by atoms with Crippen molar-refractivity contribution in [1.29, 1.82) is 0 Å². The van der Waals surface area contributed by atoms with Gasteiger partial charge in [-0.25, -0.2) is 4.79 Å². The highest BCUT2D eigenvalue weighted by Gasteiger charge is 2.48. The average molecular weight is 426 g/mol. The second kappa shape index (κ2) is 7.98. The molecule has 1 unspecified atom stereocenters. The van der Waals surface area contributed by atoms with Gasteiger partial charge in [-0.3, -0.25) is 19.4 Å². The molecule has 152 valence electrons. The Morgan fingerprint density at radius 3 is 2.57 bits per heavy atom. The van der Waals surface area contributed by atoms with Gasteiger partial charge in [0.2, 0.25) is 5.91 Å². The molecular formula is C18H24ClN5O3S. The number of imide groups is 1. The molecule has 1 atom stereocenters. The van der Waals surface area contributed by atoms with Gasteiger partial charge in [0.1, 0.15) is 12.6 Å². The fraction of sp³-hybridized carbons (Fsp3) is 0.611. The molecule has 1 aromatic rings. The summed E-state index contributed by atoms with van der Waals surface area (Å²) in [5, 5.41) is 0. The lowest BCUT2D eigenvalue weighted by atomic mass is 10.2. The number of carbonyl (C=O) groups is 3. The average Bonchev–Trinajstić information content (AvgIpc) is 3.18. The maximum absolute atomic E-state index is 12.9. The van der Waals surface area contributed by atoms with E-state index in [4.69, 9.17) is 11.6 Å². The van der Waals surface area contributed by atoms with E-state index in [0.717, 1.165) is 27.2 Å². The molecule has 1 aromatic heterocycles. The van der Waals surface area contributed by atoms with Crippen molar-refractivity contribution in [1.82, 2.24) is 24.5 Å². The summed E-state index contributed by atoms with van der Waals surface area (Å²) >= 11 is 7.52. The Morgan fingerprint density at radius 2 is 1.89 bits per heavy atom. The van der Waals surface area contributed by atoms with Crippen molar-refractivity contribution >= 4 is 40.8 Å². The fourth-order valence-electron chi connectivity index (χ4n) is 3.95. The highest BCUT2D eigenvalue weighted by Crippen LogP contribution is 2.26. The first-order chi connectivity index (χ1) is 13.4. The Labute approximate surface area is 173 Å². The first-order valence-corrected chi connectivity index (χ1v) is 10.7. The molecule has 4 heterocycles. The van der Waals surface area contributed by atoms with E-state index in [-0.39, 0.29) is 24.4 Å². The Kier molecular flexibility index (Phi) is 5.59.